The lowest BCUT2D eigenvalue weighted by Crippen LogP contribution is -2.40. The fraction of sp³-hybridized carbons (Fsp3) is 0.0645. The summed E-state index contributed by atoms with van der Waals surface area (Å²) >= 11 is 1.72. The van der Waals surface area contributed by atoms with Gasteiger partial charge in [-0.25, -0.2) is 0 Å². The summed E-state index contributed by atoms with van der Waals surface area (Å²) in [5, 5.41) is 4.69. The van der Waals surface area contributed by atoms with Crippen LogP contribution in [0.2, 0.25) is 0 Å². The fourth-order valence-corrected chi connectivity index (χ4v) is 9.56. The summed E-state index contributed by atoms with van der Waals surface area (Å²) in [6, 6.07) is 42.7. The van der Waals surface area contributed by atoms with Crippen molar-refractivity contribution in [2.75, 3.05) is 5.75 Å². The minimum absolute atomic E-state index is 0. The molecule has 0 saturated carbocycles. The molecule has 0 aliphatic heterocycles. The van der Waals surface area contributed by atoms with Crippen molar-refractivity contribution in [3.05, 3.63) is 133 Å². The van der Waals surface area contributed by atoms with Gasteiger partial charge in [0.1, 0.15) is 15.9 Å². The summed E-state index contributed by atoms with van der Waals surface area (Å²) < 4.78 is 6.44. The lowest BCUT2D eigenvalue weighted by Gasteiger charge is -2.25. The summed E-state index contributed by atoms with van der Waals surface area (Å²) in [4.78, 5) is 5.22. The van der Waals surface area contributed by atoms with E-state index in [1.54, 1.807) is 11.8 Å². The van der Waals surface area contributed by atoms with E-state index in [0.717, 1.165) is 21.8 Å². The quantitative estimate of drug-likeness (QED) is 0.104. The molecule has 0 atom stereocenters. The molecule has 1 heterocycles. The number of benzene rings is 4. The molecule has 0 fully saturated rings. The molecular weight excluding hydrogens is 592 g/mol. The highest BCUT2D eigenvalue weighted by molar-refractivity contribution is 14.0. The van der Waals surface area contributed by atoms with Crippen LogP contribution in [0.25, 0.3) is 12.2 Å². The second-order valence-electron chi connectivity index (χ2n) is 8.02. The SMILES string of the molecule is CCSc1oc(C=Cc2ccccc2)nc1[P+](c1ccccc1)(c1ccccc1)c1ccccc1.I. The zero-order valence-electron chi connectivity index (χ0n) is 20.0. The van der Waals surface area contributed by atoms with Gasteiger partial charge in [0.15, 0.2) is 7.26 Å². The number of oxazole rings is 1. The van der Waals surface area contributed by atoms with Crippen LogP contribution in [-0.4, -0.2) is 10.7 Å². The Bertz CT molecular complexity index is 1290. The molecule has 0 radical (unpaired) electrons. The predicted octanol–water partition coefficient (Wildman–Crippen LogP) is 7.19. The van der Waals surface area contributed by atoms with Crippen LogP contribution in [0, 0.1) is 0 Å². The normalized spacial score (nSPS) is 11.4. The Morgan fingerprint density at radius 2 is 1.11 bits per heavy atom. The monoisotopic (exact) mass is 620 g/mol. The first kappa shape index (κ1) is 26.4. The third kappa shape index (κ3) is 5.36. The standard InChI is InChI=1S/C31H27NOPS.HI/c1-2-35-31-30(32-29(33-31)24-23-25-15-7-3-8-16-25)34(26-17-9-4-10-18-26,27-19-11-5-12-20-27)28-21-13-6-14-22-28;/h3-24H,2H2,1H3;1H/q+1;. The van der Waals surface area contributed by atoms with Crippen molar-refractivity contribution in [1.29, 1.82) is 0 Å². The molecule has 5 aromatic rings. The second-order valence-corrected chi connectivity index (χ2v) is 12.6. The van der Waals surface area contributed by atoms with Crippen molar-refractivity contribution >= 4 is 76.5 Å². The molecule has 4 aromatic carbocycles. The highest BCUT2D eigenvalue weighted by Crippen LogP contribution is 2.55. The first-order valence-corrected chi connectivity index (χ1v) is 14.5. The number of halogens is 1. The largest absolute Gasteiger partial charge is 0.426 e. The Morgan fingerprint density at radius 1 is 0.667 bits per heavy atom. The average Bonchev–Trinajstić information content (AvgIpc) is 3.33. The smallest absolute Gasteiger partial charge is 0.251 e. The topological polar surface area (TPSA) is 26.0 Å². The average molecular weight is 621 g/mol. The lowest BCUT2D eigenvalue weighted by atomic mass is 10.2. The van der Waals surface area contributed by atoms with Gasteiger partial charge in [-0.05, 0) is 53.8 Å². The van der Waals surface area contributed by atoms with E-state index in [1.165, 1.54) is 15.9 Å². The van der Waals surface area contributed by atoms with Crippen LogP contribution < -0.4 is 21.3 Å². The van der Waals surface area contributed by atoms with Gasteiger partial charge in [-0.2, -0.15) is 4.98 Å². The van der Waals surface area contributed by atoms with Crippen molar-refractivity contribution in [3.63, 3.8) is 0 Å². The maximum atomic E-state index is 6.44. The second kappa shape index (κ2) is 12.5. The molecule has 0 N–H and O–H groups in total. The van der Waals surface area contributed by atoms with Gasteiger partial charge in [-0.3, -0.25) is 0 Å². The van der Waals surface area contributed by atoms with Gasteiger partial charge >= 0.3 is 0 Å². The van der Waals surface area contributed by atoms with E-state index in [9.17, 15) is 0 Å². The molecule has 1 aromatic heterocycles. The van der Waals surface area contributed by atoms with Gasteiger partial charge < -0.3 is 4.42 Å². The Hall–Kier alpha value is -2.66. The number of thioether (sulfide) groups is 1. The number of rotatable bonds is 8. The van der Waals surface area contributed by atoms with Crippen LogP contribution in [0.3, 0.4) is 0 Å². The van der Waals surface area contributed by atoms with Crippen molar-refractivity contribution in [3.8, 4) is 0 Å². The van der Waals surface area contributed by atoms with E-state index in [2.05, 4.69) is 116 Å². The van der Waals surface area contributed by atoms with Gasteiger partial charge in [-0.1, -0.05) is 104 Å². The lowest BCUT2D eigenvalue weighted by molar-refractivity contribution is 0.464. The molecule has 0 aliphatic carbocycles. The molecule has 36 heavy (non-hydrogen) atoms. The molecule has 5 heteroatoms. The van der Waals surface area contributed by atoms with Crippen molar-refractivity contribution in [2.24, 2.45) is 0 Å². The highest BCUT2D eigenvalue weighted by Gasteiger charge is 2.52. The maximum Gasteiger partial charge on any atom is 0.251 e. The van der Waals surface area contributed by atoms with E-state index in [1.807, 2.05) is 24.3 Å². The van der Waals surface area contributed by atoms with Crippen LogP contribution in [-0.2, 0) is 0 Å². The first-order valence-electron chi connectivity index (χ1n) is 11.8. The molecule has 0 unspecified atom stereocenters. The van der Waals surface area contributed by atoms with Gasteiger partial charge in [-0.15, -0.1) is 24.0 Å². The van der Waals surface area contributed by atoms with Gasteiger partial charge in [0.25, 0.3) is 5.44 Å². The molecule has 0 aliphatic rings. The first-order chi connectivity index (χ1) is 17.3. The number of hydrogen-bond acceptors (Lipinski definition) is 3. The maximum absolute atomic E-state index is 6.44. The zero-order chi connectivity index (χ0) is 23.9. The van der Waals surface area contributed by atoms with Crippen LogP contribution in [0.5, 0.6) is 0 Å². The Labute approximate surface area is 235 Å². The third-order valence-corrected chi connectivity index (χ3v) is 11.0. The summed E-state index contributed by atoms with van der Waals surface area (Å²) in [5.41, 5.74) is 2.15. The number of hydrogen-bond donors (Lipinski definition) is 0. The number of aromatic nitrogens is 1. The molecule has 0 spiro atoms. The fourth-order valence-electron chi connectivity index (χ4n) is 4.32. The van der Waals surface area contributed by atoms with Gasteiger partial charge in [0, 0.05) is 6.08 Å². The zero-order valence-corrected chi connectivity index (χ0v) is 24.1. The Morgan fingerprint density at radius 3 is 1.56 bits per heavy atom. The minimum Gasteiger partial charge on any atom is -0.426 e. The predicted molar refractivity (Wildman–Crippen MR) is 168 cm³/mol. The van der Waals surface area contributed by atoms with Crippen LogP contribution in [0.15, 0.2) is 131 Å². The van der Waals surface area contributed by atoms with Gasteiger partial charge in [0.05, 0.1) is 0 Å². The third-order valence-electron chi connectivity index (χ3n) is 5.84. The van der Waals surface area contributed by atoms with Crippen molar-refractivity contribution < 1.29 is 4.42 Å². The van der Waals surface area contributed by atoms with E-state index in [4.69, 9.17) is 9.40 Å². The van der Waals surface area contributed by atoms with E-state index in [-0.39, 0.29) is 24.0 Å². The summed E-state index contributed by atoms with van der Waals surface area (Å²) in [6.45, 7) is 2.16. The summed E-state index contributed by atoms with van der Waals surface area (Å²) in [7, 11) is -2.31. The molecule has 5 rings (SSSR count). The van der Waals surface area contributed by atoms with Gasteiger partial charge in [0.2, 0.25) is 11.0 Å². The van der Waals surface area contributed by atoms with E-state index in [0.29, 0.717) is 5.89 Å². The highest BCUT2D eigenvalue weighted by atomic mass is 127. The Balaban J connectivity index is 0.00000304. The summed E-state index contributed by atoms with van der Waals surface area (Å²) in [5.74, 6) is 1.54. The van der Waals surface area contributed by atoms with Crippen LogP contribution in [0.4, 0.5) is 0 Å². The van der Waals surface area contributed by atoms with E-state index < -0.39 is 7.26 Å². The van der Waals surface area contributed by atoms with E-state index >= 15 is 0 Å². The Kier molecular flexibility index (Phi) is 9.19. The molecular formula is C31H28INOPS+. The summed E-state index contributed by atoms with van der Waals surface area (Å²) in [6.07, 6.45) is 4.04. The molecule has 0 amide bonds. The molecule has 180 valence electrons. The number of nitrogens with zero attached hydrogens (tertiary/aromatic N) is 1. The minimum atomic E-state index is -2.31. The van der Waals surface area contributed by atoms with Crippen molar-refractivity contribution in [1.82, 2.24) is 4.98 Å². The molecule has 0 bridgehead atoms. The van der Waals surface area contributed by atoms with Crippen LogP contribution >= 0.6 is 43.0 Å². The molecule has 2 nitrogen and oxygen atoms in total. The van der Waals surface area contributed by atoms with Crippen molar-refractivity contribution in [2.45, 2.75) is 12.0 Å². The molecule has 0 saturated heterocycles. The van der Waals surface area contributed by atoms with Crippen LogP contribution in [0.1, 0.15) is 18.4 Å².